The maximum Gasteiger partial charge on any atom is 0.229 e. The van der Waals surface area contributed by atoms with Gasteiger partial charge in [-0.1, -0.05) is 54.2 Å². The molecule has 0 saturated carbocycles. The van der Waals surface area contributed by atoms with Crippen LogP contribution in [0.4, 0.5) is 5.69 Å². The number of carbonyl (C=O) groups is 1. The van der Waals surface area contributed by atoms with Crippen LogP contribution in [0.3, 0.4) is 0 Å². The van der Waals surface area contributed by atoms with E-state index in [0.717, 1.165) is 27.6 Å². The Hall–Kier alpha value is -4.09. The Labute approximate surface area is 220 Å². The Balaban J connectivity index is 1.34. The number of benzene rings is 3. The van der Waals surface area contributed by atoms with E-state index in [0.29, 0.717) is 36.2 Å². The van der Waals surface area contributed by atoms with Crippen LogP contribution in [-0.2, 0) is 11.4 Å². The molecule has 1 saturated heterocycles. The summed E-state index contributed by atoms with van der Waals surface area (Å²) in [5.41, 5.74) is 3.53. The fourth-order valence-electron chi connectivity index (χ4n) is 4.58. The second-order valence-electron chi connectivity index (χ2n) is 8.74. The minimum Gasteiger partial charge on any atom is -0.497 e. The molecule has 1 fully saturated rings. The van der Waals surface area contributed by atoms with Gasteiger partial charge in [-0.2, -0.15) is 5.26 Å². The number of nitriles is 1. The molecule has 0 unspecified atom stereocenters. The van der Waals surface area contributed by atoms with Crippen molar-refractivity contribution >= 4 is 23.4 Å². The number of fused-ring (bicyclic) bond motifs is 1. The lowest BCUT2D eigenvalue weighted by molar-refractivity contribution is -0.129. The summed E-state index contributed by atoms with van der Waals surface area (Å²) in [5, 5.41) is 10.8. The molecule has 188 valence electrons. The molecule has 0 radical (unpaired) electrons. The Morgan fingerprint density at radius 1 is 1.00 bits per heavy atom. The highest BCUT2D eigenvalue weighted by atomic mass is 32.2. The van der Waals surface area contributed by atoms with Crippen molar-refractivity contribution in [2.75, 3.05) is 31.7 Å². The summed E-state index contributed by atoms with van der Waals surface area (Å²) >= 11 is 1.50. The first kappa shape index (κ1) is 24.6. The average molecular weight is 514 g/mol. The van der Waals surface area contributed by atoms with Crippen molar-refractivity contribution in [2.45, 2.75) is 18.9 Å². The Kier molecular flexibility index (Phi) is 7.24. The summed E-state index contributed by atoms with van der Waals surface area (Å²) in [6, 6.07) is 25.7. The van der Waals surface area contributed by atoms with Crippen LogP contribution in [-0.4, -0.2) is 37.6 Å². The monoisotopic (exact) mass is 513 g/mol. The van der Waals surface area contributed by atoms with E-state index in [1.165, 1.54) is 11.8 Å². The smallest absolute Gasteiger partial charge is 0.229 e. The standard InChI is InChI=1S/C29H27N3O4S/c1-34-23-12-13-26(27(14-23)35-2)31-18-32-28(33)15-24(25(16-30)29(32)37-19-31)21-8-10-22(11-9-21)36-17-20-6-4-3-5-7-20/h3-14,24H,15,17-19H2,1-2H3/t24-/m0/s1. The molecular formula is C29H27N3O4S. The highest BCUT2D eigenvalue weighted by Gasteiger charge is 2.38. The number of carbonyl (C=O) groups excluding carboxylic acids is 1. The van der Waals surface area contributed by atoms with Crippen molar-refractivity contribution in [1.82, 2.24) is 4.90 Å². The van der Waals surface area contributed by atoms with Crippen LogP contribution in [0, 0.1) is 11.3 Å². The van der Waals surface area contributed by atoms with Gasteiger partial charge in [0.05, 0.1) is 49.1 Å². The van der Waals surface area contributed by atoms with E-state index in [1.807, 2.05) is 72.8 Å². The minimum atomic E-state index is -0.276. The van der Waals surface area contributed by atoms with Gasteiger partial charge in [-0.15, -0.1) is 0 Å². The number of rotatable bonds is 7. The second-order valence-corrected chi connectivity index (χ2v) is 9.68. The van der Waals surface area contributed by atoms with Gasteiger partial charge in [0.25, 0.3) is 0 Å². The zero-order valence-electron chi connectivity index (χ0n) is 20.7. The van der Waals surface area contributed by atoms with Crippen LogP contribution in [0.5, 0.6) is 17.2 Å². The fraction of sp³-hybridized carbons (Fsp3) is 0.241. The van der Waals surface area contributed by atoms with Gasteiger partial charge in [-0.05, 0) is 35.4 Å². The third kappa shape index (κ3) is 5.09. The molecule has 8 heteroatoms. The van der Waals surface area contributed by atoms with Gasteiger partial charge in [0, 0.05) is 18.4 Å². The molecule has 2 aliphatic rings. The lowest BCUT2D eigenvalue weighted by Gasteiger charge is -2.42. The summed E-state index contributed by atoms with van der Waals surface area (Å²) < 4.78 is 16.8. The number of allylic oxidation sites excluding steroid dienone is 1. The van der Waals surface area contributed by atoms with Crippen LogP contribution >= 0.6 is 11.8 Å². The maximum absolute atomic E-state index is 13.3. The zero-order chi connectivity index (χ0) is 25.8. The van der Waals surface area contributed by atoms with E-state index in [1.54, 1.807) is 19.1 Å². The molecule has 0 spiro atoms. The van der Waals surface area contributed by atoms with E-state index in [4.69, 9.17) is 14.2 Å². The first-order valence-electron chi connectivity index (χ1n) is 11.9. The highest BCUT2D eigenvalue weighted by molar-refractivity contribution is 8.03. The van der Waals surface area contributed by atoms with Crippen molar-refractivity contribution in [3.8, 4) is 23.3 Å². The van der Waals surface area contributed by atoms with Crippen molar-refractivity contribution < 1.29 is 19.0 Å². The number of nitrogens with zero attached hydrogens (tertiary/aromatic N) is 3. The molecule has 7 nitrogen and oxygen atoms in total. The Morgan fingerprint density at radius 3 is 2.46 bits per heavy atom. The third-order valence-electron chi connectivity index (χ3n) is 6.55. The van der Waals surface area contributed by atoms with Gasteiger partial charge in [-0.3, -0.25) is 9.69 Å². The molecule has 3 aromatic carbocycles. The van der Waals surface area contributed by atoms with Crippen molar-refractivity contribution in [2.24, 2.45) is 0 Å². The fourth-order valence-corrected chi connectivity index (χ4v) is 5.74. The number of thioether (sulfide) groups is 1. The predicted octanol–water partition coefficient (Wildman–Crippen LogP) is 5.50. The van der Waals surface area contributed by atoms with Gasteiger partial charge < -0.3 is 19.1 Å². The van der Waals surface area contributed by atoms with Crippen LogP contribution < -0.4 is 19.1 Å². The van der Waals surface area contributed by atoms with Crippen LogP contribution in [0.25, 0.3) is 0 Å². The topological polar surface area (TPSA) is 75.0 Å². The quantitative estimate of drug-likeness (QED) is 0.413. The first-order valence-corrected chi connectivity index (χ1v) is 12.9. The summed E-state index contributed by atoms with van der Waals surface area (Å²) in [6.07, 6.45) is 0.241. The molecular weight excluding hydrogens is 486 g/mol. The first-order chi connectivity index (χ1) is 18.1. The van der Waals surface area contributed by atoms with Gasteiger partial charge in [0.1, 0.15) is 23.9 Å². The lowest BCUT2D eigenvalue weighted by Crippen LogP contribution is -2.47. The molecule has 1 atom stereocenters. The summed E-state index contributed by atoms with van der Waals surface area (Å²) in [5.74, 6) is 2.43. The van der Waals surface area contributed by atoms with Gasteiger partial charge >= 0.3 is 0 Å². The minimum absolute atomic E-state index is 0.00640. The van der Waals surface area contributed by atoms with E-state index >= 15 is 0 Å². The van der Waals surface area contributed by atoms with E-state index < -0.39 is 0 Å². The van der Waals surface area contributed by atoms with Crippen LogP contribution in [0.1, 0.15) is 23.5 Å². The zero-order valence-corrected chi connectivity index (χ0v) is 21.5. The number of anilines is 1. The summed E-state index contributed by atoms with van der Waals surface area (Å²) in [4.78, 5) is 17.1. The van der Waals surface area contributed by atoms with Crippen molar-refractivity contribution in [3.63, 3.8) is 0 Å². The Bertz CT molecular complexity index is 1350. The number of methoxy groups -OCH3 is 2. The van der Waals surface area contributed by atoms with Crippen molar-refractivity contribution in [1.29, 1.82) is 5.26 Å². The number of hydrogen-bond acceptors (Lipinski definition) is 7. The molecule has 0 aliphatic carbocycles. The van der Waals surface area contributed by atoms with Crippen LogP contribution in [0.2, 0.25) is 0 Å². The number of hydrogen-bond donors (Lipinski definition) is 0. The van der Waals surface area contributed by atoms with Crippen molar-refractivity contribution in [3.05, 3.63) is 94.5 Å². The third-order valence-corrected chi connectivity index (χ3v) is 7.71. The van der Waals surface area contributed by atoms with Gasteiger partial charge in [-0.25, -0.2) is 0 Å². The molecule has 2 aliphatic heterocycles. The molecule has 2 heterocycles. The highest BCUT2D eigenvalue weighted by Crippen LogP contribution is 2.44. The number of amides is 1. The Morgan fingerprint density at radius 2 is 1.76 bits per heavy atom. The molecule has 0 aromatic heterocycles. The van der Waals surface area contributed by atoms with Gasteiger partial charge in [0.2, 0.25) is 5.91 Å². The molecule has 0 bridgehead atoms. The van der Waals surface area contributed by atoms with E-state index in [9.17, 15) is 10.1 Å². The lowest BCUT2D eigenvalue weighted by atomic mass is 9.86. The molecule has 3 aromatic rings. The van der Waals surface area contributed by atoms with E-state index in [2.05, 4.69) is 11.0 Å². The SMILES string of the molecule is COc1ccc(N2CSC3=C(C#N)[C@H](c4ccc(OCc5ccccc5)cc4)CC(=O)N3C2)c(OC)c1. The normalized spacial score (nSPS) is 17.2. The van der Waals surface area contributed by atoms with E-state index in [-0.39, 0.29) is 18.2 Å². The molecule has 37 heavy (non-hydrogen) atoms. The summed E-state index contributed by atoms with van der Waals surface area (Å²) in [6.45, 7) is 0.838. The molecule has 1 amide bonds. The maximum atomic E-state index is 13.3. The van der Waals surface area contributed by atoms with Gasteiger partial charge in [0.15, 0.2) is 0 Å². The largest absolute Gasteiger partial charge is 0.497 e. The predicted molar refractivity (Wildman–Crippen MR) is 143 cm³/mol. The molecule has 0 N–H and O–H groups in total. The summed E-state index contributed by atoms with van der Waals surface area (Å²) in [7, 11) is 3.23. The number of ether oxygens (including phenoxy) is 3. The average Bonchev–Trinajstić information content (AvgIpc) is 2.96. The van der Waals surface area contributed by atoms with Crippen LogP contribution in [0.15, 0.2) is 83.4 Å². The second kappa shape index (κ2) is 10.9. The molecule has 5 rings (SSSR count).